The lowest BCUT2D eigenvalue weighted by molar-refractivity contribution is 0.396. The fourth-order valence-corrected chi connectivity index (χ4v) is 1.69. The summed E-state index contributed by atoms with van der Waals surface area (Å²) >= 11 is 6.16. The molecule has 5 heteroatoms. The number of rotatable bonds is 5. The third-order valence-corrected chi connectivity index (χ3v) is 2.94. The first-order valence-electron chi connectivity index (χ1n) is 5.03. The predicted molar refractivity (Wildman–Crippen MR) is 59.4 cm³/mol. The van der Waals surface area contributed by atoms with Crippen molar-refractivity contribution in [2.45, 2.75) is 18.2 Å². The first kappa shape index (κ1) is 10.5. The summed E-state index contributed by atoms with van der Waals surface area (Å²) in [6.07, 6.45) is 5.74. The average Bonchev–Trinajstić information content (AvgIpc) is 3.10. The summed E-state index contributed by atoms with van der Waals surface area (Å²) < 4.78 is 4.97. The van der Waals surface area contributed by atoms with Gasteiger partial charge in [0.25, 0.3) is 0 Å². The monoisotopic (exact) mass is 227 g/mol. The number of ether oxygens (including phenoxy) is 1. The van der Waals surface area contributed by atoms with E-state index in [4.69, 9.17) is 16.3 Å². The highest BCUT2D eigenvalue weighted by atomic mass is 35.5. The molecule has 1 aliphatic rings. The lowest BCUT2D eigenvalue weighted by atomic mass is 10.3. The van der Waals surface area contributed by atoms with E-state index >= 15 is 0 Å². The van der Waals surface area contributed by atoms with Gasteiger partial charge in [-0.15, -0.1) is 11.6 Å². The maximum atomic E-state index is 6.16. The topological polar surface area (TPSA) is 47.0 Å². The van der Waals surface area contributed by atoms with Crippen LogP contribution < -0.4 is 10.1 Å². The van der Waals surface area contributed by atoms with Crippen molar-refractivity contribution in [1.29, 1.82) is 0 Å². The van der Waals surface area contributed by atoms with Crippen LogP contribution in [-0.4, -0.2) is 29.0 Å². The molecule has 1 N–H and O–H groups in total. The fraction of sp³-hybridized carbons (Fsp3) is 0.600. The number of nitrogens with one attached hydrogen (secondary N) is 1. The number of hydrogen-bond donors (Lipinski definition) is 1. The van der Waals surface area contributed by atoms with Crippen molar-refractivity contribution in [3.63, 3.8) is 0 Å². The van der Waals surface area contributed by atoms with Crippen molar-refractivity contribution in [3.8, 4) is 5.88 Å². The van der Waals surface area contributed by atoms with Gasteiger partial charge < -0.3 is 10.1 Å². The van der Waals surface area contributed by atoms with Gasteiger partial charge in [-0.25, -0.2) is 0 Å². The Kier molecular flexibility index (Phi) is 3.26. The van der Waals surface area contributed by atoms with Gasteiger partial charge in [0, 0.05) is 6.54 Å². The second-order valence-electron chi connectivity index (χ2n) is 3.68. The smallest absolute Gasteiger partial charge is 0.233 e. The Labute approximate surface area is 94.0 Å². The van der Waals surface area contributed by atoms with E-state index in [-0.39, 0.29) is 5.38 Å². The van der Waals surface area contributed by atoms with Crippen LogP contribution in [-0.2, 0) is 0 Å². The highest BCUT2D eigenvalue weighted by molar-refractivity contribution is 6.21. The third kappa shape index (κ3) is 2.96. The number of methoxy groups -OCH3 is 1. The van der Waals surface area contributed by atoms with Crippen molar-refractivity contribution in [1.82, 2.24) is 9.97 Å². The van der Waals surface area contributed by atoms with Gasteiger partial charge in [0.2, 0.25) is 5.88 Å². The van der Waals surface area contributed by atoms with Crippen LogP contribution in [0.1, 0.15) is 12.8 Å². The van der Waals surface area contributed by atoms with Crippen molar-refractivity contribution in [2.75, 3.05) is 19.0 Å². The number of anilines is 1. The molecule has 2 rings (SSSR count). The lowest BCUT2D eigenvalue weighted by Gasteiger charge is -2.10. The molecular weight excluding hydrogens is 214 g/mol. The Morgan fingerprint density at radius 1 is 1.60 bits per heavy atom. The van der Waals surface area contributed by atoms with Crippen LogP contribution in [0.25, 0.3) is 0 Å². The Hall–Kier alpha value is -1.03. The maximum absolute atomic E-state index is 6.16. The summed E-state index contributed by atoms with van der Waals surface area (Å²) in [5.41, 5.74) is 0. The third-order valence-electron chi connectivity index (χ3n) is 2.43. The van der Waals surface area contributed by atoms with Crippen LogP contribution in [0.15, 0.2) is 12.4 Å². The van der Waals surface area contributed by atoms with E-state index < -0.39 is 0 Å². The molecule has 1 unspecified atom stereocenters. The summed E-state index contributed by atoms with van der Waals surface area (Å²) in [6, 6.07) is 0. The van der Waals surface area contributed by atoms with E-state index in [2.05, 4.69) is 15.3 Å². The Morgan fingerprint density at radius 3 is 3.07 bits per heavy atom. The molecule has 0 aliphatic heterocycles. The standard InChI is InChI=1S/C10H14ClN3O/c1-15-10-6-12-5-9(14-10)13-4-8(11)7-2-3-7/h5-8H,2-4H2,1H3,(H,13,14). The molecule has 1 aromatic rings. The molecule has 1 fully saturated rings. The van der Waals surface area contributed by atoms with Gasteiger partial charge in [0.05, 0.1) is 24.9 Å². The summed E-state index contributed by atoms with van der Waals surface area (Å²) in [4.78, 5) is 8.19. The van der Waals surface area contributed by atoms with E-state index in [0.29, 0.717) is 17.6 Å². The first-order chi connectivity index (χ1) is 7.29. The minimum absolute atomic E-state index is 0.193. The van der Waals surface area contributed by atoms with Crippen LogP contribution in [0.4, 0.5) is 5.82 Å². The van der Waals surface area contributed by atoms with Crippen LogP contribution in [0.5, 0.6) is 5.88 Å². The molecule has 1 atom stereocenters. The van der Waals surface area contributed by atoms with Gasteiger partial charge >= 0.3 is 0 Å². The SMILES string of the molecule is COc1cncc(NCC(Cl)C2CC2)n1. The summed E-state index contributed by atoms with van der Waals surface area (Å²) in [7, 11) is 1.57. The van der Waals surface area contributed by atoms with Gasteiger partial charge in [0.1, 0.15) is 5.82 Å². The van der Waals surface area contributed by atoms with E-state index in [9.17, 15) is 0 Å². The van der Waals surface area contributed by atoms with Crippen molar-refractivity contribution in [2.24, 2.45) is 5.92 Å². The molecule has 0 radical (unpaired) electrons. The normalized spacial score (nSPS) is 17.2. The minimum atomic E-state index is 0.193. The van der Waals surface area contributed by atoms with E-state index in [1.165, 1.54) is 12.8 Å². The Morgan fingerprint density at radius 2 is 2.40 bits per heavy atom. The van der Waals surface area contributed by atoms with Gasteiger partial charge in [0.15, 0.2) is 0 Å². The molecule has 0 amide bonds. The highest BCUT2D eigenvalue weighted by Crippen LogP contribution is 2.35. The molecule has 1 heterocycles. The molecule has 4 nitrogen and oxygen atoms in total. The number of halogens is 1. The molecule has 82 valence electrons. The van der Waals surface area contributed by atoms with E-state index in [1.807, 2.05) is 0 Å². The fourth-order valence-electron chi connectivity index (χ4n) is 1.36. The van der Waals surface area contributed by atoms with Crippen LogP contribution in [0.2, 0.25) is 0 Å². The lowest BCUT2D eigenvalue weighted by Crippen LogP contribution is -2.16. The summed E-state index contributed by atoms with van der Waals surface area (Å²) in [5, 5.41) is 3.35. The average molecular weight is 228 g/mol. The molecule has 0 spiro atoms. The molecule has 0 saturated heterocycles. The Bertz CT molecular complexity index is 330. The molecule has 15 heavy (non-hydrogen) atoms. The van der Waals surface area contributed by atoms with E-state index in [1.54, 1.807) is 19.5 Å². The summed E-state index contributed by atoms with van der Waals surface area (Å²) in [5.74, 6) is 1.90. The molecule has 1 aliphatic carbocycles. The van der Waals surface area contributed by atoms with Gasteiger partial charge in [-0.2, -0.15) is 4.98 Å². The van der Waals surface area contributed by atoms with Crippen molar-refractivity contribution >= 4 is 17.4 Å². The zero-order chi connectivity index (χ0) is 10.7. The maximum Gasteiger partial charge on any atom is 0.233 e. The number of alkyl halides is 1. The van der Waals surface area contributed by atoms with Crippen LogP contribution in [0, 0.1) is 5.92 Å². The zero-order valence-electron chi connectivity index (χ0n) is 8.61. The minimum Gasteiger partial charge on any atom is -0.480 e. The van der Waals surface area contributed by atoms with Gasteiger partial charge in [-0.3, -0.25) is 4.98 Å². The second kappa shape index (κ2) is 4.66. The second-order valence-corrected chi connectivity index (χ2v) is 4.24. The van der Waals surface area contributed by atoms with Crippen molar-refractivity contribution in [3.05, 3.63) is 12.4 Å². The Balaban J connectivity index is 1.86. The number of aromatic nitrogens is 2. The van der Waals surface area contributed by atoms with Gasteiger partial charge in [-0.1, -0.05) is 0 Å². The van der Waals surface area contributed by atoms with Gasteiger partial charge in [-0.05, 0) is 18.8 Å². The van der Waals surface area contributed by atoms with E-state index in [0.717, 1.165) is 6.54 Å². The van der Waals surface area contributed by atoms with Crippen LogP contribution in [0.3, 0.4) is 0 Å². The predicted octanol–water partition coefficient (Wildman–Crippen LogP) is 1.91. The highest BCUT2D eigenvalue weighted by Gasteiger charge is 2.29. The molecule has 1 aromatic heterocycles. The molecular formula is C10H14ClN3O. The van der Waals surface area contributed by atoms with Crippen LogP contribution >= 0.6 is 11.6 Å². The number of nitrogens with zero attached hydrogens (tertiary/aromatic N) is 2. The largest absolute Gasteiger partial charge is 0.480 e. The molecule has 0 bridgehead atoms. The first-order valence-corrected chi connectivity index (χ1v) is 5.47. The molecule has 0 aromatic carbocycles. The van der Waals surface area contributed by atoms with Crippen molar-refractivity contribution < 1.29 is 4.74 Å². The zero-order valence-corrected chi connectivity index (χ0v) is 9.37. The molecule has 1 saturated carbocycles. The summed E-state index contributed by atoms with van der Waals surface area (Å²) in [6.45, 7) is 0.730. The quantitative estimate of drug-likeness (QED) is 0.781. The number of hydrogen-bond acceptors (Lipinski definition) is 4.